The normalized spacial score (nSPS) is 11.5. The molecule has 0 aromatic heterocycles. The molecule has 0 fully saturated rings. The quantitative estimate of drug-likeness (QED) is 0.631. The molecule has 0 aliphatic carbocycles. The molecule has 3 amide bonds. The van der Waals surface area contributed by atoms with Crippen molar-refractivity contribution in [3.8, 4) is 0 Å². The van der Waals surface area contributed by atoms with Gasteiger partial charge in [-0.25, -0.2) is 4.79 Å². The molecule has 0 unspecified atom stereocenters. The third kappa shape index (κ3) is 9.44. The molecule has 0 aliphatic heterocycles. The summed E-state index contributed by atoms with van der Waals surface area (Å²) in [6.07, 6.45) is 1.83. The Hall–Kier alpha value is -2.83. The first-order valence-corrected chi connectivity index (χ1v) is 8.94. The first kappa shape index (κ1) is 22.2. The van der Waals surface area contributed by atoms with Crippen LogP contribution in [0.25, 0.3) is 0 Å². The van der Waals surface area contributed by atoms with E-state index in [1.165, 1.54) is 6.08 Å². The molecule has 0 aliphatic rings. The molecular formula is C20H29N3O4. The number of ether oxygens (including phenoxy) is 1. The molecule has 0 saturated heterocycles. The topological polar surface area (TPSA) is 96.5 Å². The lowest BCUT2D eigenvalue weighted by molar-refractivity contribution is -0.116. The van der Waals surface area contributed by atoms with Crippen LogP contribution in [-0.4, -0.2) is 30.1 Å². The zero-order chi connectivity index (χ0) is 20.4. The van der Waals surface area contributed by atoms with Gasteiger partial charge in [0.05, 0.1) is 11.4 Å². The third-order valence-corrected chi connectivity index (χ3v) is 3.41. The lowest BCUT2D eigenvalue weighted by atomic mass is 10.2. The van der Waals surface area contributed by atoms with E-state index in [9.17, 15) is 14.4 Å². The smallest absolute Gasteiger partial charge is 0.407 e. The number of carbonyl (C=O) groups excluding carboxylic acids is 3. The highest BCUT2D eigenvalue weighted by Crippen LogP contribution is 2.21. The van der Waals surface area contributed by atoms with E-state index >= 15 is 0 Å². The summed E-state index contributed by atoms with van der Waals surface area (Å²) in [4.78, 5) is 35.7. The summed E-state index contributed by atoms with van der Waals surface area (Å²) >= 11 is 0. The fourth-order valence-electron chi connectivity index (χ4n) is 2.00. The molecule has 0 heterocycles. The van der Waals surface area contributed by atoms with Crippen molar-refractivity contribution >= 4 is 29.3 Å². The van der Waals surface area contributed by atoms with Crippen LogP contribution in [0.5, 0.6) is 0 Å². The van der Waals surface area contributed by atoms with Gasteiger partial charge in [0.1, 0.15) is 5.60 Å². The van der Waals surface area contributed by atoms with Crippen molar-refractivity contribution in [2.75, 3.05) is 17.2 Å². The summed E-state index contributed by atoms with van der Waals surface area (Å²) in [5.41, 5.74) is 1.38. The number of allylic oxidation sites excluding steroid dienone is 1. The number of benzene rings is 1. The Kier molecular flexibility index (Phi) is 8.51. The largest absolute Gasteiger partial charge is 0.444 e. The van der Waals surface area contributed by atoms with Gasteiger partial charge in [0.2, 0.25) is 11.8 Å². The van der Waals surface area contributed by atoms with E-state index in [-0.39, 0.29) is 24.8 Å². The standard InChI is InChI=1S/C20H29N3O4/c1-6-14(2)13-18(25)23-16-10-8-7-9-15(16)22-17(24)11-12-21-19(26)27-20(3,4)5/h7-10,13H,6,11-12H2,1-5H3,(H,21,26)(H,22,24)(H,23,25)/b14-13+. The molecule has 1 aromatic rings. The van der Waals surface area contributed by atoms with E-state index in [4.69, 9.17) is 4.74 Å². The lowest BCUT2D eigenvalue weighted by Gasteiger charge is -2.19. The first-order chi connectivity index (χ1) is 12.6. The maximum Gasteiger partial charge on any atom is 0.407 e. The Bertz CT molecular complexity index is 705. The van der Waals surface area contributed by atoms with Gasteiger partial charge < -0.3 is 20.7 Å². The van der Waals surface area contributed by atoms with E-state index in [1.54, 1.807) is 45.0 Å². The molecule has 7 heteroatoms. The predicted molar refractivity (Wildman–Crippen MR) is 107 cm³/mol. The molecule has 1 aromatic carbocycles. The number of hydrogen-bond acceptors (Lipinski definition) is 4. The van der Waals surface area contributed by atoms with Gasteiger partial charge in [-0.2, -0.15) is 0 Å². The Labute approximate surface area is 160 Å². The highest BCUT2D eigenvalue weighted by molar-refractivity contribution is 6.04. The molecule has 0 radical (unpaired) electrons. The van der Waals surface area contributed by atoms with Gasteiger partial charge in [-0.15, -0.1) is 0 Å². The number of anilines is 2. The maximum atomic E-state index is 12.1. The van der Waals surface area contributed by atoms with Crippen LogP contribution in [0.4, 0.5) is 16.2 Å². The van der Waals surface area contributed by atoms with Crippen LogP contribution in [-0.2, 0) is 14.3 Å². The zero-order valence-electron chi connectivity index (χ0n) is 16.6. The second kappa shape index (κ2) is 10.4. The number of alkyl carbamates (subject to hydrolysis) is 1. The molecule has 27 heavy (non-hydrogen) atoms. The van der Waals surface area contributed by atoms with Crippen LogP contribution in [0.3, 0.4) is 0 Å². The molecule has 7 nitrogen and oxygen atoms in total. The zero-order valence-corrected chi connectivity index (χ0v) is 16.6. The second-order valence-electron chi connectivity index (χ2n) is 7.11. The molecule has 0 atom stereocenters. The Morgan fingerprint density at radius 1 is 1.07 bits per heavy atom. The third-order valence-electron chi connectivity index (χ3n) is 3.41. The Morgan fingerprint density at radius 2 is 1.67 bits per heavy atom. The SMILES string of the molecule is CC/C(C)=C/C(=O)Nc1ccccc1NC(=O)CCNC(=O)OC(C)(C)C. The predicted octanol–water partition coefficient (Wildman–Crippen LogP) is 3.83. The minimum atomic E-state index is -0.589. The summed E-state index contributed by atoms with van der Waals surface area (Å²) in [7, 11) is 0. The highest BCUT2D eigenvalue weighted by atomic mass is 16.6. The van der Waals surface area contributed by atoms with Crippen molar-refractivity contribution in [1.29, 1.82) is 0 Å². The number of para-hydroxylation sites is 2. The van der Waals surface area contributed by atoms with Gasteiger partial charge in [-0.05, 0) is 46.2 Å². The van der Waals surface area contributed by atoms with E-state index in [1.807, 2.05) is 13.8 Å². The van der Waals surface area contributed by atoms with Crippen molar-refractivity contribution < 1.29 is 19.1 Å². The van der Waals surface area contributed by atoms with Crippen LogP contribution in [0.1, 0.15) is 47.5 Å². The summed E-state index contributed by atoms with van der Waals surface area (Å²) in [6, 6.07) is 6.94. The summed E-state index contributed by atoms with van der Waals surface area (Å²) in [6.45, 7) is 9.29. The fraction of sp³-hybridized carbons (Fsp3) is 0.450. The minimum Gasteiger partial charge on any atom is -0.444 e. The van der Waals surface area contributed by atoms with E-state index in [2.05, 4.69) is 16.0 Å². The number of carbonyl (C=O) groups is 3. The van der Waals surface area contributed by atoms with Crippen LogP contribution in [0.2, 0.25) is 0 Å². The van der Waals surface area contributed by atoms with Crippen LogP contribution in [0.15, 0.2) is 35.9 Å². The average Bonchev–Trinajstić information content (AvgIpc) is 2.54. The monoisotopic (exact) mass is 375 g/mol. The van der Waals surface area contributed by atoms with Gasteiger partial charge in [0.25, 0.3) is 0 Å². The molecule has 3 N–H and O–H groups in total. The second-order valence-corrected chi connectivity index (χ2v) is 7.11. The van der Waals surface area contributed by atoms with Crippen LogP contribution >= 0.6 is 0 Å². The fourth-order valence-corrected chi connectivity index (χ4v) is 2.00. The number of rotatable bonds is 7. The highest BCUT2D eigenvalue weighted by Gasteiger charge is 2.16. The number of nitrogens with one attached hydrogen (secondary N) is 3. The number of amides is 3. The van der Waals surface area contributed by atoms with Crippen molar-refractivity contribution in [3.63, 3.8) is 0 Å². The summed E-state index contributed by atoms with van der Waals surface area (Å²) < 4.78 is 5.11. The molecule has 148 valence electrons. The van der Waals surface area contributed by atoms with Crippen LogP contribution in [0, 0.1) is 0 Å². The Balaban J connectivity index is 2.57. The van der Waals surface area contributed by atoms with E-state index < -0.39 is 11.7 Å². The van der Waals surface area contributed by atoms with Gasteiger partial charge in [-0.3, -0.25) is 9.59 Å². The van der Waals surface area contributed by atoms with Gasteiger partial charge >= 0.3 is 6.09 Å². The minimum absolute atomic E-state index is 0.0797. The molecule has 0 bridgehead atoms. The first-order valence-electron chi connectivity index (χ1n) is 8.94. The maximum absolute atomic E-state index is 12.1. The Morgan fingerprint density at radius 3 is 2.22 bits per heavy atom. The van der Waals surface area contributed by atoms with Crippen LogP contribution < -0.4 is 16.0 Å². The number of hydrogen-bond donors (Lipinski definition) is 3. The summed E-state index contributed by atoms with van der Waals surface area (Å²) in [5.74, 6) is -0.532. The molecule has 1 rings (SSSR count). The van der Waals surface area contributed by atoms with Crippen molar-refractivity contribution in [1.82, 2.24) is 5.32 Å². The lowest BCUT2D eigenvalue weighted by Crippen LogP contribution is -2.34. The van der Waals surface area contributed by atoms with Gasteiger partial charge in [0.15, 0.2) is 0 Å². The summed E-state index contributed by atoms with van der Waals surface area (Å²) in [5, 5.41) is 8.03. The van der Waals surface area contributed by atoms with E-state index in [0.29, 0.717) is 11.4 Å². The van der Waals surface area contributed by atoms with Gasteiger partial charge in [-0.1, -0.05) is 24.6 Å². The molecular weight excluding hydrogens is 346 g/mol. The van der Waals surface area contributed by atoms with E-state index in [0.717, 1.165) is 12.0 Å². The average molecular weight is 375 g/mol. The van der Waals surface area contributed by atoms with Gasteiger partial charge in [0, 0.05) is 19.0 Å². The van der Waals surface area contributed by atoms with Crippen molar-refractivity contribution in [2.24, 2.45) is 0 Å². The van der Waals surface area contributed by atoms with Crippen molar-refractivity contribution in [2.45, 2.75) is 53.1 Å². The molecule has 0 saturated carbocycles. The van der Waals surface area contributed by atoms with Crippen molar-refractivity contribution in [3.05, 3.63) is 35.9 Å². The molecule has 0 spiro atoms.